The molecule has 0 unspecified atom stereocenters. The molecule has 0 bridgehead atoms. The second-order valence-electron chi connectivity index (χ2n) is 11.0. The molecule has 6 rings (SSSR count). The Morgan fingerprint density at radius 1 is 0.977 bits per heavy atom. The fraction of sp³-hybridized carbons (Fsp3) is 0.121. The molecular weight excluding hydrogens is 571 g/mol. The average molecular weight is 597 g/mol. The Morgan fingerprint density at radius 2 is 1.67 bits per heavy atom. The van der Waals surface area contributed by atoms with Gasteiger partial charge in [-0.1, -0.05) is 41.9 Å². The Morgan fingerprint density at radius 3 is 2.35 bits per heavy atom. The van der Waals surface area contributed by atoms with Gasteiger partial charge >= 0.3 is 5.69 Å². The molecule has 1 amide bonds. The Balaban J connectivity index is 1.68. The molecule has 43 heavy (non-hydrogen) atoms. The van der Waals surface area contributed by atoms with Crippen LogP contribution in [0.1, 0.15) is 35.3 Å². The summed E-state index contributed by atoms with van der Waals surface area (Å²) in [6.07, 6.45) is 0. The fourth-order valence-electron chi connectivity index (χ4n) is 5.61. The molecule has 2 aromatic heterocycles. The molecular formula is C33H26ClFN4O4. The van der Waals surface area contributed by atoms with Gasteiger partial charge in [0, 0.05) is 38.5 Å². The Labute approximate surface area is 249 Å². The summed E-state index contributed by atoms with van der Waals surface area (Å²) in [4.78, 5) is 43.6. The molecule has 0 radical (unpaired) electrons. The molecule has 10 heteroatoms. The predicted octanol–water partition coefficient (Wildman–Crippen LogP) is 5.92. The number of nitrogens with zero attached hydrogens (tertiary/aromatic N) is 1. The maximum atomic E-state index is 13.7. The van der Waals surface area contributed by atoms with E-state index >= 15 is 0 Å². The SMILES string of the molecule is Cc1c(-c2c(Cl)cc(C(N)=O)c3[nH]c4cc(C(C)(C)O)ccc4c23)cccc1-c1cc(=O)[nH]c(=O)n1-c1ccc(F)cc1. The van der Waals surface area contributed by atoms with Gasteiger partial charge in [-0.25, -0.2) is 9.18 Å². The van der Waals surface area contributed by atoms with Crippen molar-refractivity contribution in [2.24, 2.45) is 5.73 Å². The number of halogens is 2. The largest absolute Gasteiger partial charge is 0.386 e. The maximum Gasteiger partial charge on any atom is 0.333 e. The zero-order valence-electron chi connectivity index (χ0n) is 23.4. The van der Waals surface area contributed by atoms with Gasteiger partial charge in [0.25, 0.3) is 11.5 Å². The third-order valence-corrected chi connectivity index (χ3v) is 8.00. The summed E-state index contributed by atoms with van der Waals surface area (Å²) in [5, 5.41) is 12.3. The van der Waals surface area contributed by atoms with Crippen LogP contribution in [0.2, 0.25) is 5.02 Å². The first-order valence-corrected chi connectivity index (χ1v) is 13.8. The highest BCUT2D eigenvalue weighted by molar-refractivity contribution is 6.37. The van der Waals surface area contributed by atoms with Crippen LogP contribution in [0.3, 0.4) is 0 Å². The van der Waals surface area contributed by atoms with Crippen LogP contribution in [0.5, 0.6) is 0 Å². The normalized spacial score (nSPS) is 11.9. The Bertz CT molecular complexity index is 2220. The van der Waals surface area contributed by atoms with Crippen LogP contribution in [0.4, 0.5) is 4.39 Å². The minimum atomic E-state index is -1.10. The van der Waals surface area contributed by atoms with Crippen molar-refractivity contribution in [2.45, 2.75) is 26.4 Å². The minimum absolute atomic E-state index is 0.207. The van der Waals surface area contributed by atoms with Crippen LogP contribution in [-0.2, 0) is 5.60 Å². The van der Waals surface area contributed by atoms with E-state index in [0.717, 1.165) is 5.39 Å². The number of carbonyl (C=O) groups excluding carboxylic acids is 1. The van der Waals surface area contributed by atoms with Gasteiger partial charge in [0.15, 0.2) is 0 Å². The molecule has 0 spiro atoms. The van der Waals surface area contributed by atoms with Crippen molar-refractivity contribution >= 4 is 39.3 Å². The Kier molecular flexibility index (Phi) is 6.60. The summed E-state index contributed by atoms with van der Waals surface area (Å²) >= 11 is 6.90. The number of fused-ring (bicyclic) bond motifs is 3. The first kappa shape index (κ1) is 28.1. The number of aromatic nitrogens is 3. The van der Waals surface area contributed by atoms with Crippen molar-refractivity contribution in [1.82, 2.24) is 14.5 Å². The summed E-state index contributed by atoms with van der Waals surface area (Å²) in [6.45, 7) is 5.21. The number of hydrogen-bond acceptors (Lipinski definition) is 4. The molecule has 4 aromatic carbocycles. The van der Waals surface area contributed by atoms with Crippen molar-refractivity contribution in [3.05, 3.63) is 121 Å². The van der Waals surface area contributed by atoms with Crippen molar-refractivity contribution in [1.29, 1.82) is 0 Å². The molecule has 6 aromatic rings. The molecule has 5 N–H and O–H groups in total. The van der Waals surface area contributed by atoms with Gasteiger partial charge in [-0.3, -0.25) is 19.1 Å². The molecule has 2 heterocycles. The lowest BCUT2D eigenvalue weighted by Crippen LogP contribution is -2.29. The quantitative estimate of drug-likeness (QED) is 0.196. The number of benzene rings is 4. The maximum absolute atomic E-state index is 13.7. The minimum Gasteiger partial charge on any atom is -0.386 e. The van der Waals surface area contributed by atoms with Crippen molar-refractivity contribution in [3.63, 3.8) is 0 Å². The third kappa shape index (κ3) is 4.72. The van der Waals surface area contributed by atoms with E-state index in [1.54, 1.807) is 26.0 Å². The van der Waals surface area contributed by atoms with E-state index in [4.69, 9.17) is 17.3 Å². The predicted molar refractivity (Wildman–Crippen MR) is 166 cm³/mol. The summed E-state index contributed by atoms with van der Waals surface area (Å²) in [6, 6.07) is 19.1. The van der Waals surface area contributed by atoms with E-state index in [9.17, 15) is 23.9 Å². The molecule has 0 aliphatic carbocycles. The average Bonchev–Trinajstić information content (AvgIpc) is 3.31. The van der Waals surface area contributed by atoms with E-state index in [0.29, 0.717) is 55.6 Å². The molecule has 0 atom stereocenters. The van der Waals surface area contributed by atoms with Gasteiger partial charge in [0.05, 0.1) is 28.1 Å². The Hall–Kier alpha value is -4.99. The van der Waals surface area contributed by atoms with Crippen molar-refractivity contribution in [2.75, 3.05) is 0 Å². The van der Waals surface area contributed by atoms with E-state index in [1.807, 2.05) is 31.2 Å². The standard InChI is InChI=1S/C33H26ClFN4O4/c1-16-20(26-15-27(40)38-32(42)39(26)19-10-8-18(35)9-11-19)5-4-6-21(16)28-24(34)14-23(31(36)41)30-29(28)22-12-7-17(33(2,3)43)13-25(22)37-30/h4-15,37,43H,1-3H3,(H2,36,41)(H,38,40,42). The van der Waals surface area contributed by atoms with Crippen LogP contribution in [0, 0.1) is 12.7 Å². The molecule has 0 aliphatic heterocycles. The highest BCUT2D eigenvalue weighted by atomic mass is 35.5. The van der Waals surface area contributed by atoms with E-state index in [2.05, 4.69) is 9.97 Å². The first-order chi connectivity index (χ1) is 20.3. The molecule has 0 saturated carbocycles. The number of aliphatic hydroxyl groups is 1. The number of rotatable bonds is 5. The molecule has 0 saturated heterocycles. The van der Waals surface area contributed by atoms with Crippen LogP contribution in [0.15, 0.2) is 82.4 Å². The number of nitrogens with one attached hydrogen (secondary N) is 2. The topological polar surface area (TPSA) is 134 Å². The lowest BCUT2D eigenvalue weighted by Gasteiger charge is -2.18. The summed E-state index contributed by atoms with van der Waals surface area (Å²) in [5.41, 5.74) is 8.66. The van der Waals surface area contributed by atoms with Crippen LogP contribution in [0.25, 0.3) is 49.9 Å². The van der Waals surface area contributed by atoms with E-state index < -0.39 is 28.6 Å². The highest BCUT2D eigenvalue weighted by Gasteiger charge is 2.24. The van der Waals surface area contributed by atoms with Gasteiger partial charge in [0.2, 0.25) is 0 Å². The monoisotopic (exact) mass is 596 g/mol. The van der Waals surface area contributed by atoms with E-state index in [-0.39, 0.29) is 10.6 Å². The molecule has 0 aliphatic rings. The number of primary amides is 1. The van der Waals surface area contributed by atoms with Crippen molar-refractivity contribution in [3.8, 4) is 28.1 Å². The van der Waals surface area contributed by atoms with Gasteiger partial charge in [0.1, 0.15) is 5.82 Å². The van der Waals surface area contributed by atoms with Crippen LogP contribution < -0.4 is 17.0 Å². The number of nitrogens with two attached hydrogens (primary N) is 1. The summed E-state index contributed by atoms with van der Waals surface area (Å²) in [5.74, 6) is -1.13. The lowest BCUT2D eigenvalue weighted by molar-refractivity contribution is 0.0787. The molecule has 8 nitrogen and oxygen atoms in total. The second-order valence-corrected chi connectivity index (χ2v) is 11.4. The van der Waals surface area contributed by atoms with Gasteiger partial charge in [-0.05, 0) is 73.9 Å². The van der Waals surface area contributed by atoms with Crippen molar-refractivity contribution < 1.29 is 14.3 Å². The van der Waals surface area contributed by atoms with Gasteiger partial charge < -0.3 is 15.8 Å². The number of hydrogen-bond donors (Lipinski definition) is 4. The van der Waals surface area contributed by atoms with Crippen LogP contribution >= 0.6 is 11.6 Å². The van der Waals surface area contributed by atoms with Gasteiger partial charge in [-0.15, -0.1) is 0 Å². The fourth-order valence-corrected chi connectivity index (χ4v) is 5.92. The zero-order valence-corrected chi connectivity index (χ0v) is 24.1. The number of carbonyl (C=O) groups is 1. The number of H-pyrrole nitrogens is 2. The lowest BCUT2D eigenvalue weighted by atomic mass is 9.90. The summed E-state index contributed by atoms with van der Waals surface area (Å²) in [7, 11) is 0. The zero-order chi connectivity index (χ0) is 30.8. The highest BCUT2D eigenvalue weighted by Crippen LogP contribution is 2.44. The smallest absolute Gasteiger partial charge is 0.333 e. The second kappa shape index (κ2) is 10.1. The number of amides is 1. The van der Waals surface area contributed by atoms with E-state index in [1.165, 1.54) is 41.0 Å². The summed E-state index contributed by atoms with van der Waals surface area (Å²) < 4.78 is 15.0. The first-order valence-electron chi connectivity index (χ1n) is 13.4. The third-order valence-electron chi connectivity index (χ3n) is 7.71. The number of aromatic amines is 2. The molecule has 0 fully saturated rings. The molecule has 216 valence electrons. The van der Waals surface area contributed by atoms with Crippen LogP contribution in [-0.4, -0.2) is 25.5 Å². The van der Waals surface area contributed by atoms with Gasteiger partial charge in [-0.2, -0.15) is 0 Å².